The maximum Gasteiger partial charge on any atom is 0.254 e. The standard InChI is InChI=1S/C32H37N5O4S/c1-35-30-24(12-22(14-27(30)41-2)32(38)37-16-20-8-9-25(37)28(20)33)34-31(35)26-13-19-4-3-5-23(21-10-11-42(39,40)17-21)29(19)36(26)15-18-6-7-18/h3-5,12-14,18,20-21,25,28H,6-11,15-17,33H2,1-2H3/t20-,21?,25-,28-/m1/s1. The number of methoxy groups -OCH3 is 1. The monoisotopic (exact) mass is 587 g/mol. The molecule has 4 fully saturated rings. The SMILES string of the molecule is COc1cc(C(=O)N2C[C@H]3CC[C@@H]2[C@@H]3N)cc2nc(-c3cc4cccc(C5CCS(=O)(=O)C5)c4n3CC3CC3)n(C)c12. The molecule has 220 valence electrons. The summed E-state index contributed by atoms with van der Waals surface area (Å²) >= 11 is 0. The highest BCUT2D eigenvalue weighted by Gasteiger charge is 2.47. The lowest BCUT2D eigenvalue weighted by molar-refractivity contribution is 0.0700. The molecule has 10 heteroatoms. The molecule has 1 unspecified atom stereocenters. The van der Waals surface area contributed by atoms with Crippen LogP contribution in [-0.4, -0.2) is 70.6 Å². The van der Waals surface area contributed by atoms with Gasteiger partial charge in [0.25, 0.3) is 5.91 Å². The Hall–Kier alpha value is -3.37. The molecule has 8 rings (SSSR count). The number of fused-ring (bicyclic) bond motifs is 4. The molecular formula is C32H37N5O4S. The fourth-order valence-corrected chi connectivity index (χ4v) is 9.69. The van der Waals surface area contributed by atoms with Crippen molar-refractivity contribution in [2.24, 2.45) is 24.6 Å². The van der Waals surface area contributed by atoms with Crippen molar-refractivity contribution in [3.63, 3.8) is 0 Å². The van der Waals surface area contributed by atoms with Crippen LogP contribution in [0.1, 0.15) is 53.9 Å². The van der Waals surface area contributed by atoms with Gasteiger partial charge in [-0.25, -0.2) is 13.4 Å². The van der Waals surface area contributed by atoms with Crippen molar-refractivity contribution < 1.29 is 17.9 Å². The van der Waals surface area contributed by atoms with Crippen molar-refractivity contribution in [2.45, 2.75) is 56.7 Å². The zero-order valence-corrected chi connectivity index (χ0v) is 24.9. The van der Waals surface area contributed by atoms with Gasteiger partial charge in [-0.05, 0) is 67.7 Å². The van der Waals surface area contributed by atoms with Crippen LogP contribution >= 0.6 is 0 Å². The molecule has 4 atom stereocenters. The Morgan fingerprint density at radius 3 is 2.60 bits per heavy atom. The molecule has 2 aliphatic carbocycles. The molecule has 9 nitrogen and oxygen atoms in total. The summed E-state index contributed by atoms with van der Waals surface area (Å²) in [4.78, 5) is 20.8. The number of aromatic nitrogens is 3. The Bertz CT molecular complexity index is 1870. The Labute approximate surface area is 245 Å². The zero-order valence-electron chi connectivity index (χ0n) is 24.1. The average Bonchev–Trinajstić information content (AvgIpc) is 3.20. The van der Waals surface area contributed by atoms with Gasteiger partial charge in [0.2, 0.25) is 0 Å². The van der Waals surface area contributed by atoms with Gasteiger partial charge in [-0.2, -0.15) is 0 Å². The van der Waals surface area contributed by atoms with Crippen LogP contribution in [0.3, 0.4) is 0 Å². The predicted octanol–water partition coefficient (Wildman–Crippen LogP) is 4.08. The number of imidazole rings is 1. The first-order chi connectivity index (χ1) is 20.2. The fourth-order valence-electron chi connectivity index (χ4n) is 7.92. The molecule has 4 heterocycles. The molecule has 42 heavy (non-hydrogen) atoms. The number of aryl methyl sites for hydroxylation is 1. The highest BCUT2D eigenvalue weighted by molar-refractivity contribution is 7.91. The van der Waals surface area contributed by atoms with Gasteiger partial charge in [-0.3, -0.25) is 4.79 Å². The third-order valence-electron chi connectivity index (χ3n) is 10.3. The summed E-state index contributed by atoms with van der Waals surface area (Å²) in [6.45, 7) is 1.58. The minimum atomic E-state index is -3.01. The smallest absolute Gasteiger partial charge is 0.254 e. The predicted molar refractivity (Wildman–Crippen MR) is 162 cm³/mol. The number of hydrogen-bond acceptors (Lipinski definition) is 6. The number of nitrogens with zero attached hydrogens (tertiary/aromatic N) is 4. The average molecular weight is 588 g/mol. The van der Waals surface area contributed by atoms with E-state index < -0.39 is 9.84 Å². The number of ether oxygens (including phenoxy) is 1. The Balaban J connectivity index is 1.26. The highest BCUT2D eigenvalue weighted by atomic mass is 32.2. The van der Waals surface area contributed by atoms with Crippen molar-refractivity contribution in [3.8, 4) is 17.3 Å². The van der Waals surface area contributed by atoms with Crippen LogP contribution in [0.15, 0.2) is 36.4 Å². The van der Waals surface area contributed by atoms with Crippen LogP contribution < -0.4 is 10.5 Å². The second-order valence-electron chi connectivity index (χ2n) is 12.9. The molecule has 1 amide bonds. The number of piperidine rings is 1. The van der Waals surface area contributed by atoms with Gasteiger partial charge in [-0.15, -0.1) is 0 Å². The van der Waals surface area contributed by atoms with Gasteiger partial charge in [0.15, 0.2) is 15.7 Å². The lowest BCUT2D eigenvalue weighted by atomic mass is 9.96. The van der Waals surface area contributed by atoms with E-state index >= 15 is 0 Å². The van der Waals surface area contributed by atoms with E-state index in [1.807, 2.05) is 30.1 Å². The van der Waals surface area contributed by atoms with E-state index in [2.05, 4.69) is 27.3 Å². The second-order valence-corrected chi connectivity index (χ2v) is 15.2. The fraction of sp³-hybridized carbons (Fsp3) is 0.500. The van der Waals surface area contributed by atoms with Gasteiger partial charge in [0.05, 0.1) is 35.3 Å². The van der Waals surface area contributed by atoms with Crippen molar-refractivity contribution in [2.75, 3.05) is 25.2 Å². The minimum Gasteiger partial charge on any atom is -0.494 e. The second kappa shape index (κ2) is 9.31. The number of rotatable bonds is 6. The van der Waals surface area contributed by atoms with Crippen LogP contribution in [-0.2, 0) is 23.4 Å². The maximum atomic E-state index is 13.7. The number of nitrogens with two attached hydrogens (primary N) is 1. The van der Waals surface area contributed by atoms with E-state index in [1.165, 1.54) is 12.8 Å². The molecule has 2 saturated heterocycles. The molecular weight excluding hydrogens is 550 g/mol. The van der Waals surface area contributed by atoms with E-state index in [0.717, 1.165) is 52.9 Å². The summed E-state index contributed by atoms with van der Waals surface area (Å²) in [5.74, 6) is 2.86. The maximum absolute atomic E-state index is 13.7. The third kappa shape index (κ3) is 4.01. The number of sulfone groups is 1. The number of carbonyl (C=O) groups excluding carboxylic acids is 1. The largest absolute Gasteiger partial charge is 0.494 e. The molecule has 0 spiro atoms. The topological polar surface area (TPSA) is 112 Å². The number of para-hydroxylation sites is 1. The normalized spacial score (nSPS) is 26.6. The minimum absolute atomic E-state index is 0.00230. The van der Waals surface area contributed by atoms with Crippen LogP contribution in [0.25, 0.3) is 33.5 Å². The first-order valence-corrected chi connectivity index (χ1v) is 17.0. The number of amides is 1. The lowest BCUT2D eigenvalue weighted by Crippen LogP contribution is -2.41. The van der Waals surface area contributed by atoms with Gasteiger partial charge in [0.1, 0.15) is 11.3 Å². The molecule has 4 aromatic rings. The van der Waals surface area contributed by atoms with Crippen LogP contribution in [0.4, 0.5) is 0 Å². The quantitative estimate of drug-likeness (QED) is 0.364. The molecule has 2 aromatic carbocycles. The number of carbonyl (C=O) groups is 1. The summed E-state index contributed by atoms with van der Waals surface area (Å²) in [7, 11) is 0.617. The molecule has 2 aliphatic heterocycles. The molecule has 2 bridgehead atoms. The van der Waals surface area contributed by atoms with Gasteiger partial charge >= 0.3 is 0 Å². The third-order valence-corrected chi connectivity index (χ3v) is 12.1. The van der Waals surface area contributed by atoms with E-state index in [1.54, 1.807) is 7.11 Å². The van der Waals surface area contributed by atoms with Crippen LogP contribution in [0, 0.1) is 11.8 Å². The molecule has 2 saturated carbocycles. The molecule has 2 N–H and O–H groups in total. The lowest BCUT2D eigenvalue weighted by Gasteiger charge is -2.27. The zero-order chi connectivity index (χ0) is 28.9. The van der Waals surface area contributed by atoms with E-state index in [9.17, 15) is 13.2 Å². The Morgan fingerprint density at radius 1 is 1.10 bits per heavy atom. The van der Waals surface area contributed by atoms with Crippen molar-refractivity contribution in [3.05, 3.63) is 47.5 Å². The number of benzene rings is 2. The number of hydrogen-bond donors (Lipinski definition) is 1. The Kier molecular flexibility index (Phi) is 5.83. The molecule has 0 radical (unpaired) electrons. The van der Waals surface area contributed by atoms with E-state index in [-0.39, 0.29) is 35.4 Å². The Morgan fingerprint density at radius 2 is 1.93 bits per heavy atom. The van der Waals surface area contributed by atoms with E-state index in [0.29, 0.717) is 41.6 Å². The highest BCUT2D eigenvalue weighted by Crippen LogP contribution is 2.42. The summed E-state index contributed by atoms with van der Waals surface area (Å²) in [6, 6.07) is 12.3. The first-order valence-electron chi connectivity index (χ1n) is 15.2. The summed E-state index contributed by atoms with van der Waals surface area (Å²) < 4.78 is 35.1. The van der Waals surface area contributed by atoms with Crippen molar-refractivity contribution in [1.82, 2.24) is 19.0 Å². The number of likely N-dealkylation sites (tertiary alicyclic amines) is 1. The van der Waals surface area contributed by atoms with Crippen LogP contribution in [0.5, 0.6) is 5.75 Å². The summed E-state index contributed by atoms with van der Waals surface area (Å²) in [5.41, 5.74) is 11.8. The van der Waals surface area contributed by atoms with Gasteiger partial charge in [-0.1, -0.05) is 18.2 Å². The molecule has 2 aromatic heterocycles. The van der Waals surface area contributed by atoms with Crippen LogP contribution in [0.2, 0.25) is 0 Å². The first kappa shape index (κ1) is 26.3. The summed E-state index contributed by atoms with van der Waals surface area (Å²) in [6.07, 6.45) is 5.11. The van der Waals surface area contributed by atoms with E-state index in [4.69, 9.17) is 15.5 Å². The van der Waals surface area contributed by atoms with Crippen molar-refractivity contribution >= 4 is 37.7 Å². The summed E-state index contributed by atoms with van der Waals surface area (Å²) in [5, 5.41) is 1.10. The van der Waals surface area contributed by atoms with Gasteiger partial charge < -0.3 is 24.5 Å². The van der Waals surface area contributed by atoms with Crippen molar-refractivity contribution in [1.29, 1.82) is 0 Å². The van der Waals surface area contributed by atoms with Gasteiger partial charge in [0, 0.05) is 49.1 Å². The molecule has 4 aliphatic rings.